The molecule has 0 spiro atoms. The molecular formula is C23H18ClFN4O3S. The number of hydrogen-bond acceptors (Lipinski definition) is 4. The van der Waals surface area contributed by atoms with Gasteiger partial charge in [-0.05, 0) is 48.0 Å². The van der Waals surface area contributed by atoms with Crippen LogP contribution in [0.4, 0.5) is 15.8 Å². The summed E-state index contributed by atoms with van der Waals surface area (Å²) < 4.78 is 42.3. The van der Waals surface area contributed by atoms with Crippen LogP contribution in [0.1, 0.15) is 15.9 Å². The number of rotatable bonds is 7. The van der Waals surface area contributed by atoms with Gasteiger partial charge in [0.15, 0.2) is 0 Å². The molecule has 1 aromatic heterocycles. The molecule has 0 saturated carbocycles. The summed E-state index contributed by atoms with van der Waals surface area (Å²) in [5.74, 6) is -1.02. The lowest BCUT2D eigenvalue weighted by molar-refractivity contribution is 0.102. The van der Waals surface area contributed by atoms with Crippen LogP contribution in [0.5, 0.6) is 0 Å². The molecular weight excluding hydrogens is 467 g/mol. The second-order valence-corrected chi connectivity index (χ2v) is 9.21. The summed E-state index contributed by atoms with van der Waals surface area (Å²) in [6, 6.07) is 18.3. The smallest absolute Gasteiger partial charge is 0.261 e. The summed E-state index contributed by atoms with van der Waals surface area (Å²) in [5, 5.41) is 7.07. The van der Waals surface area contributed by atoms with Crippen molar-refractivity contribution in [2.45, 2.75) is 11.4 Å². The van der Waals surface area contributed by atoms with Crippen molar-refractivity contribution in [2.24, 2.45) is 0 Å². The number of benzene rings is 3. The highest BCUT2D eigenvalue weighted by Crippen LogP contribution is 2.26. The van der Waals surface area contributed by atoms with E-state index in [4.69, 9.17) is 11.6 Å². The molecule has 33 heavy (non-hydrogen) atoms. The van der Waals surface area contributed by atoms with Crippen LogP contribution in [0, 0.1) is 5.82 Å². The Hall–Kier alpha value is -3.69. The van der Waals surface area contributed by atoms with Gasteiger partial charge in [0.1, 0.15) is 5.82 Å². The molecule has 0 radical (unpaired) electrons. The number of hydrogen-bond donors (Lipinski definition) is 2. The van der Waals surface area contributed by atoms with Crippen LogP contribution >= 0.6 is 11.6 Å². The van der Waals surface area contributed by atoms with E-state index in [1.54, 1.807) is 10.9 Å². The SMILES string of the molecule is O=C(Nc1cnn(Cc2ccccc2)c1)c1ccc(Cl)c(NS(=O)(=O)c2ccc(F)cc2)c1. The zero-order valence-electron chi connectivity index (χ0n) is 17.1. The molecule has 0 bridgehead atoms. The van der Waals surface area contributed by atoms with Crippen molar-refractivity contribution in [3.8, 4) is 0 Å². The van der Waals surface area contributed by atoms with E-state index in [9.17, 15) is 17.6 Å². The first-order valence-corrected chi connectivity index (χ1v) is 11.6. The monoisotopic (exact) mass is 484 g/mol. The molecule has 4 rings (SSSR count). The first-order chi connectivity index (χ1) is 15.8. The van der Waals surface area contributed by atoms with Gasteiger partial charge < -0.3 is 5.32 Å². The second kappa shape index (κ2) is 9.43. The van der Waals surface area contributed by atoms with Crippen LogP contribution < -0.4 is 10.0 Å². The zero-order chi connectivity index (χ0) is 23.4. The summed E-state index contributed by atoms with van der Waals surface area (Å²) >= 11 is 6.13. The molecule has 1 amide bonds. The maximum atomic E-state index is 13.1. The van der Waals surface area contributed by atoms with Gasteiger partial charge in [-0.3, -0.25) is 14.2 Å². The third-order valence-corrected chi connectivity index (χ3v) is 6.39. The van der Waals surface area contributed by atoms with E-state index in [-0.39, 0.29) is 21.2 Å². The number of amides is 1. The molecule has 0 saturated heterocycles. The van der Waals surface area contributed by atoms with E-state index in [0.29, 0.717) is 12.2 Å². The molecule has 0 aliphatic carbocycles. The molecule has 1 heterocycles. The standard InChI is InChI=1S/C23H18ClFN4O3S/c24-21-11-6-17(12-22(21)28-33(31,32)20-9-7-18(25)8-10-20)23(30)27-19-13-26-29(15-19)14-16-4-2-1-3-5-16/h1-13,15,28H,14H2,(H,27,30). The molecule has 0 unspecified atom stereocenters. The summed E-state index contributed by atoms with van der Waals surface area (Å²) in [5.41, 5.74) is 1.76. The van der Waals surface area contributed by atoms with Crippen LogP contribution in [0.15, 0.2) is 90.1 Å². The van der Waals surface area contributed by atoms with Crippen molar-refractivity contribution in [1.29, 1.82) is 0 Å². The highest BCUT2D eigenvalue weighted by atomic mass is 35.5. The first-order valence-electron chi connectivity index (χ1n) is 9.76. The Morgan fingerprint density at radius 2 is 1.76 bits per heavy atom. The minimum absolute atomic E-state index is 0.0217. The van der Waals surface area contributed by atoms with Gasteiger partial charge in [-0.2, -0.15) is 5.10 Å². The maximum absolute atomic E-state index is 13.1. The van der Waals surface area contributed by atoms with Gasteiger partial charge in [-0.1, -0.05) is 41.9 Å². The molecule has 0 aliphatic rings. The van der Waals surface area contributed by atoms with Crippen molar-refractivity contribution < 1.29 is 17.6 Å². The van der Waals surface area contributed by atoms with E-state index >= 15 is 0 Å². The maximum Gasteiger partial charge on any atom is 0.261 e. The van der Waals surface area contributed by atoms with Crippen LogP contribution in [0.2, 0.25) is 5.02 Å². The third-order valence-electron chi connectivity index (χ3n) is 4.68. The predicted octanol–water partition coefficient (Wildman–Crippen LogP) is 4.78. The fourth-order valence-electron chi connectivity index (χ4n) is 3.05. The summed E-state index contributed by atoms with van der Waals surface area (Å²) in [6.45, 7) is 0.549. The zero-order valence-corrected chi connectivity index (χ0v) is 18.6. The molecule has 2 N–H and O–H groups in total. The number of nitrogens with zero attached hydrogens (tertiary/aromatic N) is 2. The van der Waals surface area contributed by atoms with Crippen molar-refractivity contribution >= 4 is 38.9 Å². The second-order valence-electron chi connectivity index (χ2n) is 7.12. The molecule has 168 valence electrons. The van der Waals surface area contributed by atoms with Crippen LogP contribution in [0.3, 0.4) is 0 Å². The number of halogens is 2. The van der Waals surface area contributed by atoms with Gasteiger partial charge in [0.2, 0.25) is 0 Å². The topological polar surface area (TPSA) is 93.1 Å². The Morgan fingerprint density at radius 3 is 2.48 bits per heavy atom. The molecule has 10 heteroatoms. The van der Waals surface area contributed by atoms with Gasteiger partial charge in [0, 0.05) is 11.8 Å². The van der Waals surface area contributed by atoms with Crippen molar-refractivity contribution in [1.82, 2.24) is 9.78 Å². The van der Waals surface area contributed by atoms with Gasteiger partial charge in [-0.15, -0.1) is 0 Å². The average molecular weight is 485 g/mol. The summed E-state index contributed by atoms with van der Waals surface area (Å²) in [6.07, 6.45) is 3.22. The minimum Gasteiger partial charge on any atom is -0.319 e. The van der Waals surface area contributed by atoms with E-state index < -0.39 is 21.7 Å². The Morgan fingerprint density at radius 1 is 1.03 bits per heavy atom. The molecule has 4 aromatic rings. The number of aromatic nitrogens is 2. The lowest BCUT2D eigenvalue weighted by Crippen LogP contribution is -2.15. The number of carbonyl (C=O) groups excluding carboxylic acids is 1. The van der Waals surface area contributed by atoms with E-state index in [1.165, 1.54) is 24.4 Å². The highest BCUT2D eigenvalue weighted by Gasteiger charge is 2.18. The van der Waals surface area contributed by atoms with Crippen LogP contribution in [0.25, 0.3) is 0 Å². The van der Waals surface area contributed by atoms with Crippen LogP contribution in [-0.2, 0) is 16.6 Å². The van der Waals surface area contributed by atoms with Gasteiger partial charge in [0.05, 0.1) is 34.0 Å². The number of carbonyl (C=O) groups is 1. The fourth-order valence-corrected chi connectivity index (χ4v) is 4.34. The molecule has 3 aromatic carbocycles. The van der Waals surface area contributed by atoms with Crippen molar-refractivity contribution in [3.63, 3.8) is 0 Å². The summed E-state index contributed by atoms with van der Waals surface area (Å²) in [4.78, 5) is 12.6. The largest absolute Gasteiger partial charge is 0.319 e. The van der Waals surface area contributed by atoms with E-state index in [0.717, 1.165) is 29.8 Å². The summed E-state index contributed by atoms with van der Waals surface area (Å²) in [7, 11) is -4.03. The van der Waals surface area contributed by atoms with E-state index in [2.05, 4.69) is 15.1 Å². The van der Waals surface area contributed by atoms with Crippen molar-refractivity contribution in [2.75, 3.05) is 10.0 Å². The molecule has 0 atom stereocenters. The molecule has 0 fully saturated rings. The lowest BCUT2D eigenvalue weighted by atomic mass is 10.2. The lowest BCUT2D eigenvalue weighted by Gasteiger charge is -2.11. The van der Waals surface area contributed by atoms with E-state index in [1.807, 2.05) is 30.3 Å². The van der Waals surface area contributed by atoms with Gasteiger partial charge >= 0.3 is 0 Å². The fraction of sp³-hybridized carbons (Fsp3) is 0.0435. The predicted molar refractivity (Wildman–Crippen MR) is 124 cm³/mol. The highest BCUT2D eigenvalue weighted by molar-refractivity contribution is 7.92. The quantitative estimate of drug-likeness (QED) is 0.395. The minimum atomic E-state index is -4.03. The molecule has 0 aliphatic heterocycles. The number of anilines is 2. The number of nitrogens with one attached hydrogen (secondary N) is 2. The van der Waals surface area contributed by atoms with Gasteiger partial charge in [0.25, 0.3) is 15.9 Å². The third kappa shape index (κ3) is 5.57. The van der Waals surface area contributed by atoms with Crippen molar-refractivity contribution in [3.05, 3.63) is 107 Å². The normalized spacial score (nSPS) is 11.2. The molecule has 7 nitrogen and oxygen atoms in total. The Balaban J connectivity index is 1.48. The number of sulfonamides is 1. The van der Waals surface area contributed by atoms with Gasteiger partial charge in [-0.25, -0.2) is 12.8 Å². The Bertz CT molecular complexity index is 1390. The Labute approximate surface area is 194 Å². The first kappa shape index (κ1) is 22.5. The Kier molecular flexibility index (Phi) is 6.43. The average Bonchev–Trinajstić information content (AvgIpc) is 3.22. The van der Waals surface area contributed by atoms with Crippen LogP contribution in [-0.4, -0.2) is 24.1 Å².